The number of aryl methyl sites for hydroxylation is 1. The van der Waals surface area contributed by atoms with E-state index in [4.69, 9.17) is 5.73 Å². The number of carbonyl (C=O) groups is 1. The zero-order valence-corrected chi connectivity index (χ0v) is 9.16. The van der Waals surface area contributed by atoms with Crippen LogP contribution in [-0.2, 0) is 4.79 Å². The van der Waals surface area contributed by atoms with Gasteiger partial charge in [-0.05, 0) is 31.9 Å². The summed E-state index contributed by atoms with van der Waals surface area (Å²) in [5, 5.41) is 2.76. The summed E-state index contributed by atoms with van der Waals surface area (Å²) in [5.74, 6) is 0.598. The third kappa shape index (κ3) is 4.08. The van der Waals surface area contributed by atoms with Crippen molar-refractivity contribution in [1.82, 2.24) is 4.98 Å². The lowest BCUT2D eigenvalue weighted by Crippen LogP contribution is -2.20. The molecule has 0 spiro atoms. The van der Waals surface area contributed by atoms with Crippen LogP contribution in [-0.4, -0.2) is 16.9 Å². The number of aromatic nitrogens is 1. The van der Waals surface area contributed by atoms with Crippen LogP contribution >= 0.6 is 0 Å². The highest BCUT2D eigenvalue weighted by molar-refractivity contribution is 5.90. The molecule has 0 fully saturated rings. The third-order valence-electron chi connectivity index (χ3n) is 2.09. The number of nitrogens with one attached hydrogen (secondary N) is 1. The Morgan fingerprint density at radius 3 is 3.00 bits per heavy atom. The molecular weight excluding hydrogens is 190 g/mol. The molecule has 4 nitrogen and oxygen atoms in total. The Kier molecular flexibility index (Phi) is 4.24. The highest BCUT2D eigenvalue weighted by Crippen LogP contribution is 2.09. The van der Waals surface area contributed by atoms with Gasteiger partial charge in [0.25, 0.3) is 0 Å². The van der Waals surface area contributed by atoms with Crippen LogP contribution in [0, 0.1) is 6.92 Å². The molecule has 0 aliphatic carbocycles. The lowest BCUT2D eigenvalue weighted by Gasteiger charge is -2.07. The summed E-state index contributed by atoms with van der Waals surface area (Å²) < 4.78 is 0. The fraction of sp³-hybridized carbons (Fsp3) is 0.455. The van der Waals surface area contributed by atoms with Gasteiger partial charge in [-0.1, -0.05) is 6.07 Å². The molecule has 0 saturated carbocycles. The van der Waals surface area contributed by atoms with Crippen molar-refractivity contribution in [3.8, 4) is 0 Å². The third-order valence-corrected chi connectivity index (χ3v) is 2.09. The largest absolute Gasteiger partial charge is 0.328 e. The first kappa shape index (κ1) is 11.7. The van der Waals surface area contributed by atoms with E-state index in [-0.39, 0.29) is 11.9 Å². The predicted molar refractivity (Wildman–Crippen MR) is 60.5 cm³/mol. The van der Waals surface area contributed by atoms with E-state index in [9.17, 15) is 4.79 Å². The van der Waals surface area contributed by atoms with Crippen LogP contribution in [0.2, 0.25) is 0 Å². The van der Waals surface area contributed by atoms with E-state index in [1.807, 2.05) is 26.0 Å². The molecule has 0 bridgehead atoms. The molecule has 15 heavy (non-hydrogen) atoms. The molecule has 3 N–H and O–H groups in total. The Morgan fingerprint density at radius 2 is 2.40 bits per heavy atom. The quantitative estimate of drug-likeness (QED) is 0.785. The van der Waals surface area contributed by atoms with Gasteiger partial charge in [0.1, 0.15) is 5.82 Å². The molecule has 82 valence electrons. The SMILES string of the molecule is Cc1cccnc1NC(=O)CCC(C)N. The van der Waals surface area contributed by atoms with E-state index in [1.54, 1.807) is 6.20 Å². The van der Waals surface area contributed by atoms with Crippen LogP contribution in [0.15, 0.2) is 18.3 Å². The van der Waals surface area contributed by atoms with Gasteiger partial charge in [-0.25, -0.2) is 4.98 Å². The smallest absolute Gasteiger partial charge is 0.225 e. The number of hydrogen-bond donors (Lipinski definition) is 2. The molecule has 0 radical (unpaired) electrons. The molecule has 1 unspecified atom stereocenters. The van der Waals surface area contributed by atoms with Gasteiger partial charge in [-0.2, -0.15) is 0 Å². The number of nitrogens with two attached hydrogens (primary N) is 1. The molecule has 1 amide bonds. The number of anilines is 1. The second-order valence-electron chi connectivity index (χ2n) is 3.73. The van der Waals surface area contributed by atoms with Gasteiger partial charge in [0, 0.05) is 18.7 Å². The van der Waals surface area contributed by atoms with E-state index < -0.39 is 0 Å². The van der Waals surface area contributed by atoms with Crippen molar-refractivity contribution in [2.45, 2.75) is 32.7 Å². The minimum atomic E-state index is -0.0332. The first-order valence-electron chi connectivity index (χ1n) is 5.06. The van der Waals surface area contributed by atoms with Crippen LogP contribution in [0.5, 0.6) is 0 Å². The zero-order valence-electron chi connectivity index (χ0n) is 9.16. The molecule has 0 saturated heterocycles. The Labute approximate surface area is 89.9 Å². The standard InChI is InChI=1S/C11H17N3O/c1-8-4-3-7-13-11(8)14-10(15)6-5-9(2)12/h3-4,7,9H,5-6,12H2,1-2H3,(H,13,14,15). The van der Waals surface area contributed by atoms with Crippen LogP contribution < -0.4 is 11.1 Å². The highest BCUT2D eigenvalue weighted by atomic mass is 16.1. The van der Waals surface area contributed by atoms with Gasteiger partial charge in [0.2, 0.25) is 5.91 Å². The van der Waals surface area contributed by atoms with Gasteiger partial charge < -0.3 is 11.1 Å². The Balaban J connectivity index is 2.48. The summed E-state index contributed by atoms with van der Waals surface area (Å²) in [7, 11) is 0. The number of rotatable bonds is 4. The summed E-state index contributed by atoms with van der Waals surface area (Å²) in [5.41, 5.74) is 6.53. The monoisotopic (exact) mass is 207 g/mol. The topological polar surface area (TPSA) is 68.0 Å². The van der Waals surface area contributed by atoms with E-state index >= 15 is 0 Å². The van der Waals surface area contributed by atoms with Crippen molar-refractivity contribution >= 4 is 11.7 Å². The second-order valence-corrected chi connectivity index (χ2v) is 3.73. The first-order valence-corrected chi connectivity index (χ1v) is 5.06. The molecule has 4 heteroatoms. The van der Waals surface area contributed by atoms with Crippen molar-refractivity contribution in [3.63, 3.8) is 0 Å². The van der Waals surface area contributed by atoms with Crippen LogP contribution in [0.25, 0.3) is 0 Å². The highest BCUT2D eigenvalue weighted by Gasteiger charge is 2.06. The maximum absolute atomic E-state index is 11.5. The lowest BCUT2D eigenvalue weighted by molar-refractivity contribution is -0.116. The van der Waals surface area contributed by atoms with Crippen LogP contribution in [0.1, 0.15) is 25.3 Å². The van der Waals surface area contributed by atoms with Gasteiger partial charge in [-0.3, -0.25) is 4.79 Å². The van der Waals surface area contributed by atoms with Crippen molar-refractivity contribution in [2.75, 3.05) is 5.32 Å². The zero-order chi connectivity index (χ0) is 11.3. The minimum Gasteiger partial charge on any atom is -0.328 e. The molecule has 1 atom stereocenters. The molecule has 1 heterocycles. The van der Waals surface area contributed by atoms with Crippen molar-refractivity contribution in [1.29, 1.82) is 0 Å². The first-order chi connectivity index (χ1) is 7.09. The number of pyridine rings is 1. The average Bonchev–Trinajstić information content (AvgIpc) is 2.18. The lowest BCUT2D eigenvalue weighted by atomic mass is 10.2. The van der Waals surface area contributed by atoms with Crippen molar-refractivity contribution in [3.05, 3.63) is 23.9 Å². The fourth-order valence-corrected chi connectivity index (χ4v) is 1.17. The summed E-state index contributed by atoms with van der Waals surface area (Å²) in [6.07, 6.45) is 2.79. The molecular formula is C11H17N3O. The van der Waals surface area contributed by atoms with E-state index in [0.717, 1.165) is 5.56 Å². The summed E-state index contributed by atoms with van der Waals surface area (Å²) >= 11 is 0. The van der Waals surface area contributed by atoms with Crippen molar-refractivity contribution < 1.29 is 4.79 Å². The summed E-state index contributed by atoms with van der Waals surface area (Å²) in [6, 6.07) is 3.81. The van der Waals surface area contributed by atoms with Gasteiger partial charge in [0.05, 0.1) is 0 Å². The molecule has 1 aromatic heterocycles. The maximum Gasteiger partial charge on any atom is 0.225 e. The van der Waals surface area contributed by atoms with E-state index in [2.05, 4.69) is 10.3 Å². The van der Waals surface area contributed by atoms with Crippen molar-refractivity contribution in [2.24, 2.45) is 5.73 Å². The molecule has 1 rings (SSSR count). The number of nitrogens with zero attached hydrogens (tertiary/aromatic N) is 1. The molecule has 1 aromatic rings. The normalized spacial score (nSPS) is 12.2. The van der Waals surface area contributed by atoms with E-state index in [1.165, 1.54) is 0 Å². The summed E-state index contributed by atoms with van der Waals surface area (Å²) in [6.45, 7) is 3.80. The molecule has 0 aliphatic heterocycles. The molecule has 0 aliphatic rings. The number of carbonyl (C=O) groups excluding carboxylic acids is 1. The van der Waals surface area contributed by atoms with Gasteiger partial charge in [0.15, 0.2) is 0 Å². The molecule has 0 aromatic carbocycles. The second kappa shape index (κ2) is 5.46. The Morgan fingerprint density at radius 1 is 1.67 bits per heavy atom. The van der Waals surface area contributed by atoms with Gasteiger partial charge in [-0.15, -0.1) is 0 Å². The maximum atomic E-state index is 11.5. The number of hydrogen-bond acceptors (Lipinski definition) is 3. The van der Waals surface area contributed by atoms with Crippen LogP contribution in [0.4, 0.5) is 5.82 Å². The van der Waals surface area contributed by atoms with Crippen LogP contribution in [0.3, 0.4) is 0 Å². The average molecular weight is 207 g/mol. The van der Waals surface area contributed by atoms with Gasteiger partial charge >= 0.3 is 0 Å². The Bertz CT molecular complexity index is 336. The number of amides is 1. The minimum absolute atomic E-state index is 0.0332. The fourth-order valence-electron chi connectivity index (χ4n) is 1.17. The summed E-state index contributed by atoms with van der Waals surface area (Å²) in [4.78, 5) is 15.5. The predicted octanol–water partition coefficient (Wildman–Crippen LogP) is 1.46. The van der Waals surface area contributed by atoms with E-state index in [0.29, 0.717) is 18.7 Å². The Hall–Kier alpha value is -1.42.